The van der Waals surface area contributed by atoms with E-state index in [1.807, 2.05) is 0 Å². The number of nitrogen functional groups attached to an aromatic ring is 1. The molecule has 0 unspecified atom stereocenters. The van der Waals surface area contributed by atoms with Crippen LogP contribution in [0.25, 0.3) is 0 Å². The van der Waals surface area contributed by atoms with Crippen molar-refractivity contribution in [2.75, 3.05) is 5.73 Å². The molecule has 2 rings (SSSR count). The highest BCUT2D eigenvalue weighted by molar-refractivity contribution is 5.43. The quantitative estimate of drug-likeness (QED) is 0.570. The first kappa shape index (κ1) is 10.3. The van der Waals surface area contributed by atoms with E-state index in [1.54, 1.807) is 0 Å². The Balaban J connectivity index is 2.27. The van der Waals surface area contributed by atoms with E-state index in [2.05, 4.69) is 0 Å². The summed E-state index contributed by atoms with van der Waals surface area (Å²) in [7, 11) is 0. The van der Waals surface area contributed by atoms with Crippen molar-refractivity contribution in [3.05, 3.63) is 29.3 Å². The normalized spacial score (nSPS) is 20.0. The van der Waals surface area contributed by atoms with Crippen LogP contribution in [-0.2, 0) is 0 Å². The predicted molar refractivity (Wildman–Crippen MR) is 47.7 cm³/mol. The van der Waals surface area contributed by atoms with Gasteiger partial charge in [-0.05, 0) is 17.5 Å². The maximum Gasteiger partial charge on any atom is 0.249 e. The van der Waals surface area contributed by atoms with E-state index >= 15 is 0 Å². The minimum absolute atomic E-state index is 0.00683. The summed E-state index contributed by atoms with van der Waals surface area (Å²) in [6.45, 7) is 0. The van der Waals surface area contributed by atoms with E-state index in [0.717, 1.165) is 12.1 Å². The zero-order valence-electron chi connectivity index (χ0n) is 7.74. The average molecular weight is 219 g/mol. The number of alkyl halides is 2. The number of nitrogens with two attached hydrogens (primary N) is 1. The zero-order valence-corrected chi connectivity index (χ0v) is 7.74. The van der Waals surface area contributed by atoms with Gasteiger partial charge in [0.25, 0.3) is 0 Å². The van der Waals surface area contributed by atoms with Gasteiger partial charge in [-0.15, -0.1) is 0 Å². The van der Waals surface area contributed by atoms with Gasteiger partial charge in [0.1, 0.15) is 11.6 Å². The summed E-state index contributed by atoms with van der Waals surface area (Å²) in [5, 5.41) is 0. The lowest BCUT2D eigenvalue weighted by Crippen LogP contribution is -2.34. The third kappa shape index (κ3) is 1.78. The Morgan fingerprint density at radius 1 is 1.13 bits per heavy atom. The van der Waals surface area contributed by atoms with Crippen LogP contribution in [0.4, 0.5) is 23.2 Å². The number of hydrogen-bond acceptors (Lipinski definition) is 1. The lowest BCUT2D eigenvalue weighted by molar-refractivity contribution is -0.0873. The summed E-state index contributed by atoms with van der Waals surface area (Å²) in [5.74, 6) is -4.82. The van der Waals surface area contributed by atoms with Crippen molar-refractivity contribution in [3.8, 4) is 0 Å². The van der Waals surface area contributed by atoms with Crippen molar-refractivity contribution in [1.82, 2.24) is 0 Å². The van der Waals surface area contributed by atoms with E-state index < -0.39 is 36.3 Å². The molecule has 0 heterocycles. The molecule has 82 valence electrons. The summed E-state index contributed by atoms with van der Waals surface area (Å²) in [6, 6.07) is 1.74. The lowest BCUT2D eigenvalue weighted by Gasteiger charge is -2.35. The molecule has 0 bridgehead atoms. The molecule has 0 aromatic heterocycles. The summed E-state index contributed by atoms with van der Waals surface area (Å²) in [6.07, 6.45) is -0.847. The maximum atomic E-state index is 13.3. The van der Waals surface area contributed by atoms with Gasteiger partial charge in [-0.2, -0.15) is 0 Å². The molecule has 1 aromatic carbocycles. The minimum Gasteiger partial charge on any atom is -0.396 e. The summed E-state index contributed by atoms with van der Waals surface area (Å²) < 4.78 is 51.3. The van der Waals surface area contributed by atoms with E-state index in [0.29, 0.717) is 0 Å². The highest BCUT2D eigenvalue weighted by Gasteiger charge is 2.46. The minimum atomic E-state index is -2.74. The van der Waals surface area contributed by atoms with Crippen LogP contribution in [0.5, 0.6) is 0 Å². The third-order valence-corrected chi connectivity index (χ3v) is 2.65. The largest absolute Gasteiger partial charge is 0.396 e. The molecule has 1 aromatic rings. The first-order valence-corrected chi connectivity index (χ1v) is 4.51. The van der Waals surface area contributed by atoms with Gasteiger partial charge in [0.05, 0.1) is 5.69 Å². The Labute approximate surface area is 83.9 Å². The molecular formula is C10H9F4N. The first-order chi connectivity index (χ1) is 6.89. The molecule has 1 aliphatic rings. The van der Waals surface area contributed by atoms with Gasteiger partial charge in [-0.25, -0.2) is 17.6 Å². The van der Waals surface area contributed by atoms with Crippen LogP contribution in [0.3, 0.4) is 0 Å². The highest BCUT2D eigenvalue weighted by atomic mass is 19.3. The Kier molecular flexibility index (Phi) is 2.13. The van der Waals surface area contributed by atoms with Crippen LogP contribution >= 0.6 is 0 Å². The van der Waals surface area contributed by atoms with Crippen molar-refractivity contribution < 1.29 is 17.6 Å². The number of anilines is 1. The fraction of sp³-hybridized carbons (Fsp3) is 0.400. The number of benzene rings is 1. The second-order valence-corrected chi connectivity index (χ2v) is 3.86. The van der Waals surface area contributed by atoms with Gasteiger partial charge in [0.15, 0.2) is 0 Å². The molecular weight excluding hydrogens is 210 g/mol. The van der Waals surface area contributed by atoms with Crippen LogP contribution in [0.2, 0.25) is 0 Å². The van der Waals surface area contributed by atoms with E-state index in [9.17, 15) is 17.6 Å². The fourth-order valence-corrected chi connectivity index (χ4v) is 1.77. The standard InChI is InChI=1S/C10H9F4N/c11-7-2-9(15)8(12)1-6(7)5-3-10(13,14)4-5/h1-2,5H,3-4,15H2. The molecule has 0 spiro atoms. The van der Waals surface area contributed by atoms with Gasteiger partial charge < -0.3 is 5.73 Å². The summed E-state index contributed by atoms with van der Waals surface area (Å²) >= 11 is 0. The molecule has 0 atom stereocenters. The van der Waals surface area contributed by atoms with Crippen LogP contribution in [0, 0.1) is 11.6 Å². The monoisotopic (exact) mass is 219 g/mol. The molecule has 15 heavy (non-hydrogen) atoms. The van der Waals surface area contributed by atoms with Crippen molar-refractivity contribution in [3.63, 3.8) is 0 Å². The zero-order chi connectivity index (χ0) is 11.2. The maximum absolute atomic E-state index is 13.3. The van der Waals surface area contributed by atoms with Gasteiger partial charge in [-0.3, -0.25) is 0 Å². The molecule has 1 nitrogen and oxygen atoms in total. The van der Waals surface area contributed by atoms with Crippen molar-refractivity contribution in [1.29, 1.82) is 0 Å². The number of rotatable bonds is 1. The Bertz CT molecular complexity index is 395. The second-order valence-electron chi connectivity index (χ2n) is 3.86. The van der Waals surface area contributed by atoms with Crippen LogP contribution < -0.4 is 5.73 Å². The van der Waals surface area contributed by atoms with Crippen molar-refractivity contribution in [2.24, 2.45) is 0 Å². The molecule has 0 saturated heterocycles. The van der Waals surface area contributed by atoms with Gasteiger partial charge in [-0.1, -0.05) is 0 Å². The third-order valence-electron chi connectivity index (χ3n) is 2.65. The predicted octanol–water partition coefficient (Wildman–Crippen LogP) is 3.06. The molecule has 0 radical (unpaired) electrons. The Morgan fingerprint density at radius 2 is 1.73 bits per heavy atom. The summed E-state index contributed by atoms with van der Waals surface area (Å²) in [4.78, 5) is 0. The smallest absolute Gasteiger partial charge is 0.249 e. The molecule has 5 heteroatoms. The number of halogens is 4. The molecule has 0 aliphatic heterocycles. The van der Waals surface area contributed by atoms with Gasteiger partial charge in [0.2, 0.25) is 5.92 Å². The first-order valence-electron chi connectivity index (χ1n) is 4.51. The highest BCUT2D eigenvalue weighted by Crippen LogP contribution is 2.49. The molecule has 1 saturated carbocycles. The SMILES string of the molecule is Nc1cc(F)c(C2CC(F)(F)C2)cc1F. The molecule has 1 aliphatic carbocycles. The average Bonchev–Trinajstić information content (AvgIpc) is 2.07. The molecule has 0 amide bonds. The van der Waals surface area contributed by atoms with E-state index in [-0.39, 0.29) is 11.3 Å². The Morgan fingerprint density at radius 3 is 2.27 bits per heavy atom. The van der Waals surface area contributed by atoms with Crippen LogP contribution in [0.1, 0.15) is 24.3 Å². The second kappa shape index (κ2) is 3.12. The topological polar surface area (TPSA) is 26.0 Å². The van der Waals surface area contributed by atoms with Crippen molar-refractivity contribution in [2.45, 2.75) is 24.7 Å². The lowest BCUT2D eigenvalue weighted by atomic mass is 9.76. The fourth-order valence-electron chi connectivity index (χ4n) is 1.77. The number of hydrogen-bond donors (Lipinski definition) is 1. The summed E-state index contributed by atoms with van der Waals surface area (Å²) in [5.41, 5.74) is 4.83. The van der Waals surface area contributed by atoms with Gasteiger partial charge >= 0.3 is 0 Å². The van der Waals surface area contributed by atoms with Crippen LogP contribution in [-0.4, -0.2) is 5.92 Å². The van der Waals surface area contributed by atoms with Crippen LogP contribution in [0.15, 0.2) is 12.1 Å². The van der Waals surface area contributed by atoms with Crippen molar-refractivity contribution >= 4 is 5.69 Å². The molecule has 1 fully saturated rings. The van der Waals surface area contributed by atoms with Gasteiger partial charge in [0, 0.05) is 18.9 Å². The molecule has 2 N–H and O–H groups in total. The van der Waals surface area contributed by atoms with E-state index in [1.165, 1.54) is 0 Å². The van der Waals surface area contributed by atoms with E-state index in [4.69, 9.17) is 5.73 Å². The Hall–Kier alpha value is -1.26.